The molecule has 0 bridgehead atoms. The first kappa shape index (κ1) is 18.5. The van der Waals surface area contributed by atoms with Gasteiger partial charge in [-0.25, -0.2) is 4.79 Å². The second-order valence-electron chi connectivity index (χ2n) is 5.31. The van der Waals surface area contributed by atoms with Crippen molar-refractivity contribution in [2.45, 2.75) is 13.8 Å². The first-order valence-corrected chi connectivity index (χ1v) is 8.87. The molecule has 1 N–H and O–H groups in total. The number of hydrogen-bond acceptors (Lipinski definition) is 4. The van der Waals surface area contributed by atoms with E-state index in [4.69, 9.17) is 5.11 Å². The monoisotopic (exact) mass is 352 g/mol. The first-order valence-electron chi connectivity index (χ1n) is 8.05. The smallest absolute Gasteiger partial charge is 0.328 e. The SMILES string of the molecule is CCN(CC)c1ccc(/C=C(\C#N)c2ccc(/C=C/C(=O)O)s2)cc1. The van der Waals surface area contributed by atoms with Crippen molar-refractivity contribution in [3.8, 4) is 6.07 Å². The first-order chi connectivity index (χ1) is 12.1. The zero-order chi connectivity index (χ0) is 18.2. The summed E-state index contributed by atoms with van der Waals surface area (Å²) >= 11 is 1.39. The minimum absolute atomic E-state index is 0.565. The molecule has 1 aromatic carbocycles. The highest BCUT2D eigenvalue weighted by Gasteiger charge is 2.06. The third-order valence-corrected chi connectivity index (χ3v) is 4.82. The Bertz CT molecular complexity index is 822. The van der Waals surface area contributed by atoms with Crippen molar-refractivity contribution < 1.29 is 9.90 Å². The Kier molecular flexibility index (Phi) is 6.55. The molecule has 0 aliphatic rings. The Morgan fingerprint density at radius 1 is 1.20 bits per heavy atom. The molecule has 1 heterocycles. The molecule has 0 aliphatic heterocycles. The summed E-state index contributed by atoms with van der Waals surface area (Å²) in [6, 6.07) is 14.0. The Hall–Kier alpha value is -2.84. The zero-order valence-electron chi connectivity index (χ0n) is 14.3. The number of aliphatic carboxylic acids is 1. The van der Waals surface area contributed by atoms with Gasteiger partial charge < -0.3 is 10.0 Å². The molecule has 1 aromatic heterocycles. The van der Waals surface area contributed by atoms with Crippen LogP contribution in [-0.4, -0.2) is 24.2 Å². The predicted molar refractivity (Wildman–Crippen MR) is 104 cm³/mol. The third kappa shape index (κ3) is 5.07. The van der Waals surface area contributed by atoms with Gasteiger partial charge in [-0.05, 0) is 55.8 Å². The Labute approximate surface area is 152 Å². The summed E-state index contributed by atoms with van der Waals surface area (Å²) in [5, 5.41) is 18.1. The highest BCUT2D eigenvalue weighted by Crippen LogP contribution is 2.27. The number of carboxylic acids is 1. The number of benzene rings is 1. The maximum atomic E-state index is 10.6. The molecule has 0 spiro atoms. The molecular weight excluding hydrogens is 332 g/mol. The second-order valence-corrected chi connectivity index (χ2v) is 6.42. The largest absolute Gasteiger partial charge is 0.478 e. The molecule has 0 aliphatic carbocycles. The topological polar surface area (TPSA) is 64.3 Å². The van der Waals surface area contributed by atoms with E-state index in [1.54, 1.807) is 0 Å². The molecule has 2 aromatic rings. The van der Waals surface area contributed by atoms with Crippen LogP contribution in [0.15, 0.2) is 42.5 Å². The maximum absolute atomic E-state index is 10.6. The summed E-state index contributed by atoms with van der Waals surface area (Å²) in [4.78, 5) is 14.5. The summed E-state index contributed by atoms with van der Waals surface area (Å²) in [7, 11) is 0. The standard InChI is InChI=1S/C20H20N2O2S/c1-3-22(4-2)17-7-5-15(6-8-17)13-16(14-21)19-11-9-18(25-19)10-12-20(23)24/h5-13H,3-4H2,1-2H3,(H,23,24)/b12-10+,16-13+. The molecule has 0 amide bonds. The van der Waals surface area contributed by atoms with E-state index in [2.05, 4.69) is 36.9 Å². The van der Waals surface area contributed by atoms with E-state index >= 15 is 0 Å². The van der Waals surface area contributed by atoms with Gasteiger partial charge in [0, 0.05) is 34.6 Å². The highest BCUT2D eigenvalue weighted by molar-refractivity contribution is 7.14. The van der Waals surface area contributed by atoms with Crippen molar-refractivity contribution in [2.24, 2.45) is 0 Å². The number of rotatable bonds is 7. The molecule has 5 heteroatoms. The number of allylic oxidation sites excluding steroid dienone is 1. The normalized spacial score (nSPS) is 11.5. The van der Waals surface area contributed by atoms with Gasteiger partial charge in [0.1, 0.15) is 6.07 Å². The van der Waals surface area contributed by atoms with E-state index in [1.807, 2.05) is 30.3 Å². The third-order valence-electron chi connectivity index (χ3n) is 3.74. The van der Waals surface area contributed by atoms with Crippen LogP contribution in [0, 0.1) is 11.3 Å². The van der Waals surface area contributed by atoms with Crippen LogP contribution >= 0.6 is 11.3 Å². The van der Waals surface area contributed by atoms with Crippen molar-refractivity contribution in [1.82, 2.24) is 0 Å². The fraction of sp³-hybridized carbons (Fsp3) is 0.200. The van der Waals surface area contributed by atoms with Gasteiger partial charge in [-0.2, -0.15) is 5.26 Å². The Morgan fingerprint density at radius 3 is 2.44 bits per heavy atom. The average molecular weight is 352 g/mol. The second kappa shape index (κ2) is 8.86. The molecule has 0 unspecified atom stereocenters. The number of thiophene rings is 1. The minimum atomic E-state index is -0.987. The lowest BCUT2D eigenvalue weighted by atomic mass is 10.1. The highest BCUT2D eigenvalue weighted by atomic mass is 32.1. The van der Waals surface area contributed by atoms with Gasteiger partial charge in [0.25, 0.3) is 0 Å². The number of hydrogen-bond donors (Lipinski definition) is 1. The summed E-state index contributed by atoms with van der Waals surface area (Å²) < 4.78 is 0. The lowest BCUT2D eigenvalue weighted by Crippen LogP contribution is -2.21. The van der Waals surface area contributed by atoms with Crippen LogP contribution < -0.4 is 4.90 Å². The van der Waals surface area contributed by atoms with Gasteiger partial charge in [-0.1, -0.05) is 12.1 Å². The fourth-order valence-corrected chi connectivity index (χ4v) is 3.31. The summed E-state index contributed by atoms with van der Waals surface area (Å²) in [5.74, 6) is -0.987. The zero-order valence-corrected chi connectivity index (χ0v) is 15.1. The van der Waals surface area contributed by atoms with E-state index in [0.717, 1.165) is 40.2 Å². The molecular formula is C20H20N2O2S. The van der Waals surface area contributed by atoms with E-state index in [1.165, 1.54) is 17.4 Å². The molecule has 0 fully saturated rings. The predicted octanol–water partition coefficient (Wildman–Crippen LogP) is 4.76. The lowest BCUT2D eigenvalue weighted by molar-refractivity contribution is -0.131. The van der Waals surface area contributed by atoms with Gasteiger partial charge in [0.15, 0.2) is 0 Å². The van der Waals surface area contributed by atoms with Crippen molar-refractivity contribution in [1.29, 1.82) is 5.26 Å². The Morgan fingerprint density at radius 2 is 1.88 bits per heavy atom. The lowest BCUT2D eigenvalue weighted by Gasteiger charge is -2.20. The van der Waals surface area contributed by atoms with Crippen LogP contribution in [0.5, 0.6) is 0 Å². The molecule has 0 saturated carbocycles. The van der Waals surface area contributed by atoms with Crippen molar-refractivity contribution in [3.63, 3.8) is 0 Å². The van der Waals surface area contributed by atoms with Gasteiger partial charge in [-0.15, -0.1) is 11.3 Å². The molecule has 128 valence electrons. The van der Waals surface area contributed by atoms with Crippen molar-refractivity contribution in [2.75, 3.05) is 18.0 Å². The number of anilines is 1. The van der Waals surface area contributed by atoms with Gasteiger partial charge in [0.05, 0.1) is 5.57 Å². The van der Waals surface area contributed by atoms with E-state index in [-0.39, 0.29) is 0 Å². The quantitative estimate of drug-likeness (QED) is 0.576. The summed E-state index contributed by atoms with van der Waals surface area (Å²) in [6.45, 7) is 6.16. The summed E-state index contributed by atoms with van der Waals surface area (Å²) in [5.41, 5.74) is 2.69. The van der Waals surface area contributed by atoms with Crippen LogP contribution in [0.2, 0.25) is 0 Å². The fourth-order valence-electron chi connectivity index (χ4n) is 2.44. The summed E-state index contributed by atoms with van der Waals surface area (Å²) in [6.07, 6.45) is 4.48. The van der Waals surface area contributed by atoms with Crippen LogP contribution in [0.1, 0.15) is 29.2 Å². The van der Waals surface area contributed by atoms with Crippen molar-refractivity contribution in [3.05, 3.63) is 57.8 Å². The van der Waals surface area contributed by atoms with Crippen molar-refractivity contribution >= 4 is 40.7 Å². The van der Waals surface area contributed by atoms with E-state index < -0.39 is 5.97 Å². The van der Waals surface area contributed by atoms with Crippen LogP contribution in [0.4, 0.5) is 5.69 Å². The van der Waals surface area contributed by atoms with Gasteiger partial charge >= 0.3 is 5.97 Å². The van der Waals surface area contributed by atoms with E-state index in [0.29, 0.717) is 5.57 Å². The van der Waals surface area contributed by atoms with E-state index in [9.17, 15) is 10.1 Å². The number of nitrogens with zero attached hydrogens (tertiary/aromatic N) is 2. The average Bonchev–Trinajstić information content (AvgIpc) is 3.09. The molecule has 2 rings (SSSR count). The number of carboxylic acid groups (broad SMARTS) is 1. The Balaban J connectivity index is 2.23. The molecule has 0 atom stereocenters. The number of carbonyl (C=O) groups is 1. The maximum Gasteiger partial charge on any atom is 0.328 e. The molecule has 0 saturated heterocycles. The van der Waals surface area contributed by atoms with Gasteiger partial charge in [0.2, 0.25) is 0 Å². The van der Waals surface area contributed by atoms with Crippen LogP contribution in [0.3, 0.4) is 0 Å². The molecule has 0 radical (unpaired) electrons. The van der Waals surface area contributed by atoms with Gasteiger partial charge in [-0.3, -0.25) is 0 Å². The van der Waals surface area contributed by atoms with Crippen LogP contribution in [-0.2, 0) is 4.79 Å². The minimum Gasteiger partial charge on any atom is -0.478 e. The number of nitriles is 1. The molecule has 25 heavy (non-hydrogen) atoms. The van der Waals surface area contributed by atoms with Crippen LogP contribution in [0.25, 0.3) is 17.7 Å². The molecule has 4 nitrogen and oxygen atoms in total.